The van der Waals surface area contributed by atoms with E-state index in [-0.39, 0.29) is 50.7 Å². The third-order valence-electron chi connectivity index (χ3n) is 9.69. The number of allylic oxidation sites excluding steroid dienone is 12. The molecule has 5 aliphatic heterocycles. The van der Waals surface area contributed by atoms with E-state index in [9.17, 15) is 9.90 Å². The van der Waals surface area contributed by atoms with E-state index in [0.29, 0.717) is 18.6 Å². The van der Waals surface area contributed by atoms with Crippen molar-refractivity contribution >= 4 is 23.1 Å². The first kappa shape index (κ1) is 31.6. The normalized spacial score (nSPS) is 23.5. The van der Waals surface area contributed by atoms with Gasteiger partial charge in [0.25, 0.3) is 0 Å². The van der Waals surface area contributed by atoms with Gasteiger partial charge in [-0.25, -0.2) is 15.0 Å². The fourth-order valence-corrected chi connectivity index (χ4v) is 7.11. The summed E-state index contributed by atoms with van der Waals surface area (Å²) >= 11 is 0. The molecule has 9 nitrogen and oxygen atoms in total. The van der Waals surface area contributed by atoms with E-state index in [1.807, 2.05) is 25.2 Å². The molecule has 0 aromatic rings. The predicted octanol–water partition coefficient (Wildman–Crippen LogP) is 6.18. The van der Waals surface area contributed by atoms with E-state index in [4.69, 9.17) is 29.6 Å². The number of carbonyl (C=O) groups excluding carboxylic acids is 1. The molecule has 0 spiro atoms. The third kappa shape index (κ3) is 5.52. The Kier molecular flexibility index (Phi) is 8.81. The first-order chi connectivity index (χ1) is 22.2. The van der Waals surface area contributed by atoms with Gasteiger partial charge < -0.3 is 25.0 Å². The van der Waals surface area contributed by atoms with Gasteiger partial charge in [-0.3, -0.25) is 4.79 Å². The van der Waals surface area contributed by atoms with Crippen LogP contribution in [0.3, 0.4) is 0 Å². The lowest BCUT2D eigenvalue weighted by Gasteiger charge is -2.17. The highest BCUT2D eigenvalue weighted by atomic mass is 16.6. The standard InChI is InChI=1S/C37H42N4O5/c1-7-23-19(3)27-16-29-21(5)25(9-10-34(44)46-14-13-45-12-11-42)36(40-29)26-15-33(43)35-22(6)30(41-37(26)35)18-32-24(8-2)20(4)28(39-32)17-31(23)38-27/h7,16-18,21,25,40,42-43H,1,8-15H2,2-6H3/t21-,25-/m0/s1. The average Bonchev–Trinajstić information content (AvgIpc) is 3.78. The van der Waals surface area contributed by atoms with E-state index in [2.05, 4.69) is 45.7 Å². The van der Waals surface area contributed by atoms with Gasteiger partial charge in [-0.05, 0) is 74.1 Å². The van der Waals surface area contributed by atoms with Crippen LogP contribution in [0.2, 0.25) is 0 Å². The van der Waals surface area contributed by atoms with Crippen molar-refractivity contribution in [2.24, 2.45) is 26.8 Å². The van der Waals surface area contributed by atoms with Gasteiger partial charge in [0.1, 0.15) is 12.4 Å². The molecule has 0 amide bonds. The van der Waals surface area contributed by atoms with E-state index in [0.717, 1.165) is 91.1 Å². The van der Waals surface area contributed by atoms with Gasteiger partial charge in [-0.1, -0.05) is 26.5 Å². The van der Waals surface area contributed by atoms with Crippen LogP contribution in [0.5, 0.6) is 0 Å². The fraction of sp³-hybridized carbons (Fsp3) is 0.405. The number of nitrogens with one attached hydrogen (secondary N) is 1. The van der Waals surface area contributed by atoms with Crippen molar-refractivity contribution in [3.63, 3.8) is 0 Å². The van der Waals surface area contributed by atoms with E-state index < -0.39 is 0 Å². The lowest BCUT2D eigenvalue weighted by atomic mass is 9.86. The van der Waals surface area contributed by atoms with Crippen molar-refractivity contribution in [2.75, 3.05) is 26.4 Å². The molecule has 1 aliphatic carbocycles. The zero-order valence-corrected chi connectivity index (χ0v) is 27.3. The van der Waals surface area contributed by atoms with Crippen LogP contribution in [-0.2, 0) is 14.3 Å². The second-order valence-corrected chi connectivity index (χ2v) is 12.3. The minimum absolute atomic E-state index is 0.0355. The number of ether oxygens (including phenoxy) is 2. The van der Waals surface area contributed by atoms with Crippen molar-refractivity contribution in [3.05, 3.63) is 104 Å². The summed E-state index contributed by atoms with van der Waals surface area (Å²) in [5.41, 5.74) is 13.9. The number of aliphatic hydroxyl groups excluding tert-OH is 2. The highest BCUT2D eigenvalue weighted by molar-refractivity contribution is 6.21. The van der Waals surface area contributed by atoms with Gasteiger partial charge in [0, 0.05) is 52.8 Å². The number of rotatable bonds is 10. The number of hydrogen-bond acceptors (Lipinski definition) is 9. The summed E-state index contributed by atoms with van der Waals surface area (Å²) in [4.78, 5) is 28.0. The van der Waals surface area contributed by atoms with Gasteiger partial charge in [0.15, 0.2) is 0 Å². The molecule has 1 fully saturated rings. The van der Waals surface area contributed by atoms with Crippen LogP contribution < -0.4 is 5.32 Å². The molecule has 5 heterocycles. The molecule has 240 valence electrons. The maximum absolute atomic E-state index is 12.7. The molecule has 6 aliphatic rings. The van der Waals surface area contributed by atoms with Gasteiger partial charge in [0.2, 0.25) is 0 Å². The monoisotopic (exact) mass is 622 g/mol. The largest absolute Gasteiger partial charge is 0.511 e. The Hall–Kier alpha value is -4.34. The molecule has 6 rings (SSSR count). The van der Waals surface area contributed by atoms with E-state index in [1.54, 1.807) is 0 Å². The Morgan fingerprint density at radius 2 is 1.80 bits per heavy atom. The third-order valence-corrected chi connectivity index (χ3v) is 9.69. The van der Waals surface area contributed by atoms with Gasteiger partial charge in [-0.2, -0.15) is 0 Å². The Morgan fingerprint density at radius 3 is 2.54 bits per heavy atom. The Balaban J connectivity index is 1.44. The summed E-state index contributed by atoms with van der Waals surface area (Å²) in [5, 5.41) is 23.9. The lowest BCUT2D eigenvalue weighted by molar-refractivity contribution is -0.145. The average molecular weight is 623 g/mol. The summed E-state index contributed by atoms with van der Waals surface area (Å²) in [6.45, 7) is 15.1. The van der Waals surface area contributed by atoms with E-state index >= 15 is 0 Å². The van der Waals surface area contributed by atoms with E-state index in [1.165, 1.54) is 0 Å². The molecule has 0 aromatic carbocycles. The zero-order chi connectivity index (χ0) is 32.7. The quantitative estimate of drug-likeness (QED) is 0.198. The van der Waals surface area contributed by atoms with Crippen molar-refractivity contribution < 1.29 is 24.5 Å². The van der Waals surface area contributed by atoms with Crippen LogP contribution >= 0.6 is 0 Å². The first-order valence-electron chi connectivity index (χ1n) is 16.1. The van der Waals surface area contributed by atoms with Crippen molar-refractivity contribution in [2.45, 2.75) is 60.3 Å². The first-order valence-corrected chi connectivity index (χ1v) is 16.1. The maximum Gasteiger partial charge on any atom is 0.305 e. The number of fused-ring (bicyclic) bond motifs is 5. The molecule has 1 saturated heterocycles. The Morgan fingerprint density at radius 1 is 1.04 bits per heavy atom. The number of esters is 1. The smallest absolute Gasteiger partial charge is 0.305 e. The summed E-state index contributed by atoms with van der Waals surface area (Å²) < 4.78 is 10.6. The van der Waals surface area contributed by atoms with Crippen LogP contribution in [-0.4, -0.2) is 59.7 Å². The summed E-state index contributed by atoms with van der Waals surface area (Å²) in [6, 6.07) is 0. The molecule has 3 N–H and O–H groups in total. The minimum Gasteiger partial charge on any atom is -0.511 e. The highest BCUT2D eigenvalue weighted by Crippen LogP contribution is 2.46. The molecular weight excluding hydrogens is 580 g/mol. The number of hydrogen-bond donors (Lipinski definition) is 3. The van der Waals surface area contributed by atoms with Gasteiger partial charge in [-0.15, -0.1) is 0 Å². The maximum atomic E-state index is 12.7. The Labute approximate surface area is 270 Å². The van der Waals surface area contributed by atoms with Gasteiger partial charge >= 0.3 is 5.97 Å². The molecule has 9 heteroatoms. The molecule has 8 bridgehead atoms. The number of aliphatic hydroxyl groups is 2. The predicted molar refractivity (Wildman–Crippen MR) is 180 cm³/mol. The molecule has 0 unspecified atom stereocenters. The number of nitrogens with zero attached hydrogens (tertiary/aromatic N) is 3. The molecule has 0 aromatic heterocycles. The van der Waals surface area contributed by atoms with Crippen LogP contribution in [0.4, 0.5) is 0 Å². The lowest BCUT2D eigenvalue weighted by Crippen LogP contribution is -2.17. The topological polar surface area (TPSA) is 125 Å². The zero-order valence-electron chi connectivity index (χ0n) is 27.3. The highest BCUT2D eigenvalue weighted by Gasteiger charge is 2.41. The van der Waals surface area contributed by atoms with Crippen LogP contribution in [0.25, 0.3) is 0 Å². The van der Waals surface area contributed by atoms with Crippen LogP contribution in [0, 0.1) is 11.8 Å². The minimum atomic E-state index is -0.298. The fourth-order valence-electron chi connectivity index (χ4n) is 7.11. The number of carbonyl (C=O) groups is 1. The van der Waals surface area contributed by atoms with Crippen molar-refractivity contribution in [1.82, 2.24) is 5.32 Å². The molecule has 0 saturated carbocycles. The second kappa shape index (κ2) is 12.8. The molecular formula is C37H42N4O5. The Bertz CT molecular complexity index is 1770. The van der Waals surface area contributed by atoms with Crippen molar-refractivity contribution in [1.29, 1.82) is 0 Å². The van der Waals surface area contributed by atoms with Crippen LogP contribution in [0.1, 0.15) is 60.3 Å². The molecule has 0 radical (unpaired) electrons. The molecule has 46 heavy (non-hydrogen) atoms. The summed E-state index contributed by atoms with van der Waals surface area (Å²) in [7, 11) is 0. The molecule has 2 atom stereocenters. The van der Waals surface area contributed by atoms with Gasteiger partial charge in [0.05, 0.1) is 54.0 Å². The summed E-state index contributed by atoms with van der Waals surface area (Å²) in [6.07, 6.45) is 10.0. The SMILES string of the molecule is C=CC1=C(C)C2=NC1=CC1=NC(=CC3=C(C)C4=C(O)CC(=C5NC(=C2)[C@@H](C)[C@@H]5CCC(=O)OCCOCCO)C4=N3)C(CC)=C1C. The number of aliphatic imine (C=N–C) groups is 3. The summed E-state index contributed by atoms with van der Waals surface area (Å²) in [5.74, 6) is 0.0117. The second-order valence-electron chi connectivity index (χ2n) is 12.3. The van der Waals surface area contributed by atoms with Crippen molar-refractivity contribution in [3.8, 4) is 0 Å². The van der Waals surface area contributed by atoms with Crippen LogP contribution in [0.15, 0.2) is 119 Å².